The van der Waals surface area contributed by atoms with Crippen molar-refractivity contribution in [3.63, 3.8) is 0 Å². The first-order valence-electron chi connectivity index (χ1n) is 6.50. The van der Waals surface area contributed by atoms with E-state index in [1.54, 1.807) is 6.07 Å². The number of nitrogens with zero attached hydrogens (tertiary/aromatic N) is 1. The Balaban J connectivity index is 0.00000180. The van der Waals surface area contributed by atoms with Crippen LogP contribution in [0.2, 0.25) is 0 Å². The Bertz CT molecular complexity index is 395. The van der Waals surface area contributed by atoms with Gasteiger partial charge in [-0.2, -0.15) is 0 Å². The molecule has 5 heteroatoms. The lowest BCUT2D eigenvalue weighted by molar-refractivity contribution is 0.175. The van der Waals surface area contributed by atoms with Gasteiger partial charge in [0.15, 0.2) is 0 Å². The van der Waals surface area contributed by atoms with Crippen molar-refractivity contribution in [2.24, 2.45) is 5.92 Å². The minimum atomic E-state index is -0.110. The molecular weight excluding hydrogens is 331 g/mol. The second kappa shape index (κ2) is 8.20. The first-order valence-corrected chi connectivity index (χ1v) is 7.29. The molecule has 19 heavy (non-hydrogen) atoms. The Morgan fingerprint density at radius 2 is 2.05 bits per heavy atom. The first kappa shape index (κ1) is 16.9. The summed E-state index contributed by atoms with van der Waals surface area (Å²) >= 11 is 3.29. The van der Waals surface area contributed by atoms with Crippen LogP contribution >= 0.6 is 28.3 Å². The van der Waals surface area contributed by atoms with Gasteiger partial charge in [0.1, 0.15) is 5.82 Å². The normalized spacial score (nSPS) is 17.2. The summed E-state index contributed by atoms with van der Waals surface area (Å²) in [6, 6.07) is 5.33. The predicted octanol–water partition coefficient (Wildman–Crippen LogP) is 3.44. The molecule has 0 atom stereocenters. The summed E-state index contributed by atoms with van der Waals surface area (Å²) in [7, 11) is 2.00. The van der Waals surface area contributed by atoms with Crippen molar-refractivity contribution in [3.8, 4) is 0 Å². The van der Waals surface area contributed by atoms with Crippen molar-refractivity contribution in [2.75, 3.05) is 26.7 Å². The quantitative estimate of drug-likeness (QED) is 0.894. The zero-order valence-electron chi connectivity index (χ0n) is 11.2. The van der Waals surface area contributed by atoms with Crippen LogP contribution in [0.15, 0.2) is 22.7 Å². The summed E-state index contributed by atoms with van der Waals surface area (Å²) in [4.78, 5) is 2.35. The van der Waals surface area contributed by atoms with E-state index in [1.165, 1.54) is 12.8 Å². The smallest absolute Gasteiger partial charge is 0.128 e. The maximum Gasteiger partial charge on any atom is 0.128 e. The van der Waals surface area contributed by atoms with Gasteiger partial charge in [-0.25, -0.2) is 4.39 Å². The number of piperidine rings is 1. The Labute approximate surface area is 129 Å². The van der Waals surface area contributed by atoms with Crippen LogP contribution in [0, 0.1) is 11.7 Å². The monoisotopic (exact) mass is 350 g/mol. The molecule has 1 aromatic rings. The number of rotatable bonds is 4. The lowest BCUT2D eigenvalue weighted by Crippen LogP contribution is -2.36. The summed E-state index contributed by atoms with van der Waals surface area (Å²) in [6.45, 7) is 3.97. The average molecular weight is 352 g/mol. The van der Waals surface area contributed by atoms with Crippen LogP contribution in [-0.2, 0) is 6.54 Å². The lowest BCUT2D eigenvalue weighted by Gasteiger charge is -2.31. The third-order valence-electron chi connectivity index (χ3n) is 3.61. The molecule has 1 aromatic carbocycles. The van der Waals surface area contributed by atoms with Gasteiger partial charge in [-0.15, -0.1) is 12.4 Å². The zero-order valence-corrected chi connectivity index (χ0v) is 13.6. The van der Waals surface area contributed by atoms with E-state index >= 15 is 0 Å². The van der Waals surface area contributed by atoms with Crippen LogP contribution in [0.1, 0.15) is 18.4 Å². The zero-order chi connectivity index (χ0) is 13.0. The second-order valence-electron chi connectivity index (χ2n) is 5.01. The van der Waals surface area contributed by atoms with Gasteiger partial charge in [0.2, 0.25) is 0 Å². The lowest BCUT2D eigenvalue weighted by atomic mass is 9.96. The van der Waals surface area contributed by atoms with Crippen LogP contribution in [-0.4, -0.2) is 31.6 Å². The largest absolute Gasteiger partial charge is 0.319 e. The molecule has 0 unspecified atom stereocenters. The maximum absolute atomic E-state index is 13.7. The molecule has 1 aliphatic rings. The van der Waals surface area contributed by atoms with E-state index in [9.17, 15) is 4.39 Å². The molecule has 2 nitrogen and oxygen atoms in total. The molecule has 0 saturated carbocycles. The van der Waals surface area contributed by atoms with Gasteiger partial charge in [-0.05, 0) is 57.6 Å². The number of hydrogen-bond acceptors (Lipinski definition) is 2. The standard InChI is InChI=1S/C14H20BrFN2.ClH/c1-17-9-11-4-6-18(7-5-11)10-12-2-3-13(15)8-14(12)16;/h2-3,8,11,17H,4-7,9-10H2,1H3;1H. The summed E-state index contributed by atoms with van der Waals surface area (Å²) in [5.41, 5.74) is 0.797. The average Bonchev–Trinajstić information content (AvgIpc) is 2.35. The molecule has 108 valence electrons. The van der Waals surface area contributed by atoms with Crippen molar-refractivity contribution in [1.29, 1.82) is 0 Å². The molecule has 0 aliphatic carbocycles. The highest BCUT2D eigenvalue weighted by Crippen LogP contribution is 2.21. The van der Waals surface area contributed by atoms with Crippen LogP contribution in [0.5, 0.6) is 0 Å². The second-order valence-corrected chi connectivity index (χ2v) is 5.93. The van der Waals surface area contributed by atoms with E-state index in [0.29, 0.717) is 0 Å². The molecule has 1 heterocycles. The molecular formula is C14H21BrClFN2. The van der Waals surface area contributed by atoms with Gasteiger partial charge in [0.05, 0.1) is 0 Å². The maximum atomic E-state index is 13.7. The SMILES string of the molecule is CNCC1CCN(Cc2ccc(Br)cc2F)CC1.Cl. The van der Waals surface area contributed by atoms with Crippen molar-refractivity contribution in [3.05, 3.63) is 34.1 Å². The summed E-state index contributed by atoms with van der Waals surface area (Å²) in [5, 5.41) is 3.23. The highest BCUT2D eigenvalue weighted by molar-refractivity contribution is 9.10. The topological polar surface area (TPSA) is 15.3 Å². The summed E-state index contributed by atoms with van der Waals surface area (Å²) in [5.74, 6) is 0.669. The third kappa shape index (κ3) is 5.03. The van der Waals surface area contributed by atoms with Crippen molar-refractivity contribution in [2.45, 2.75) is 19.4 Å². The van der Waals surface area contributed by atoms with Gasteiger partial charge < -0.3 is 5.32 Å². The van der Waals surface area contributed by atoms with Crippen molar-refractivity contribution in [1.82, 2.24) is 10.2 Å². The molecule has 1 N–H and O–H groups in total. The Morgan fingerprint density at radius 1 is 1.37 bits per heavy atom. The first-order chi connectivity index (χ1) is 8.69. The van der Waals surface area contributed by atoms with Gasteiger partial charge in [-0.1, -0.05) is 22.0 Å². The number of benzene rings is 1. The Kier molecular flexibility index (Phi) is 7.29. The predicted molar refractivity (Wildman–Crippen MR) is 83.3 cm³/mol. The Morgan fingerprint density at radius 3 is 2.63 bits per heavy atom. The minimum Gasteiger partial charge on any atom is -0.319 e. The molecule has 2 rings (SSSR count). The third-order valence-corrected chi connectivity index (χ3v) is 4.10. The van der Waals surface area contributed by atoms with Crippen molar-refractivity contribution < 1.29 is 4.39 Å². The summed E-state index contributed by atoms with van der Waals surface area (Å²) in [6.07, 6.45) is 2.41. The molecule has 1 saturated heterocycles. The molecule has 1 fully saturated rings. The fourth-order valence-corrected chi connectivity index (χ4v) is 2.86. The molecule has 0 aromatic heterocycles. The van der Waals surface area contributed by atoms with Crippen LogP contribution in [0.25, 0.3) is 0 Å². The molecule has 1 aliphatic heterocycles. The van der Waals surface area contributed by atoms with E-state index in [2.05, 4.69) is 26.1 Å². The van der Waals surface area contributed by atoms with Gasteiger partial charge in [0.25, 0.3) is 0 Å². The number of hydrogen-bond donors (Lipinski definition) is 1. The number of likely N-dealkylation sites (tertiary alicyclic amines) is 1. The van der Waals surface area contributed by atoms with Crippen LogP contribution in [0.4, 0.5) is 4.39 Å². The molecule has 0 radical (unpaired) electrons. The fraction of sp³-hybridized carbons (Fsp3) is 0.571. The van der Waals surface area contributed by atoms with E-state index in [1.807, 2.05) is 19.2 Å². The van der Waals surface area contributed by atoms with E-state index < -0.39 is 0 Å². The van der Waals surface area contributed by atoms with Gasteiger partial charge in [-0.3, -0.25) is 4.90 Å². The number of nitrogens with one attached hydrogen (secondary N) is 1. The van der Waals surface area contributed by atoms with E-state index in [0.717, 1.165) is 42.1 Å². The van der Waals surface area contributed by atoms with E-state index in [4.69, 9.17) is 0 Å². The fourth-order valence-electron chi connectivity index (χ4n) is 2.53. The highest BCUT2D eigenvalue weighted by Gasteiger charge is 2.19. The highest BCUT2D eigenvalue weighted by atomic mass is 79.9. The molecule has 0 bridgehead atoms. The van der Waals surface area contributed by atoms with Crippen LogP contribution < -0.4 is 5.32 Å². The molecule has 0 amide bonds. The molecule has 0 spiro atoms. The van der Waals surface area contributed by atoms with Crippen LogP contribution in [0.3, 0.4) is 0 Å². The van der Waals surface area contributed by atoms with E-state index in [-0.39, 0.29) is 18.2 Å². The van der Waals surface area contributed by atoms with Gasteiger partial charge in [0, 0.05) is 16.6 Å². The van der Waals surface area contributed by atoms with Crippen molar-refractivity contribution >= 4 is 28.3 Å². The Hall–Kier alpha value is -0.160. The van der Waals surface area contributed by atoms with Gasteiger partial charge >= 0.3 is 0 Å². The minimum absolute atomic E-state index is 0. The summed E-state index contributed by atoms with van der Waals surface area (Å²) < 4.78 is 14.5. The number of halogens is 3.